The van der Waals surface area contributed by atoms with E-state index < -0.39 is 31.0 Å². The zero-order valence-electron chi connectivity index (χ0n) is 21.5. The molecule has 4 rings (SSSR count). The molecule has 0 saturated carbocycles. The Balaban J connectivity index is 1.50. The Hall–Kier alpha value is -3.16. The van der Waals surface area contributed by atoms with Crippen molar-refractivity contribution in [3.63, 3.8) is 0 Å². The number of benzene rings is 1. The van der Waals surface area contributed by atoms with Crippen LogP contribution < -0.4 is 20.2 Å². The molecule has 3 heterocycles. The monoisotopic (exact) mass is 562 g/mol. The van der Waals surface area contributed by atoms with Gasteiger partial charge in [0.15, 0.2) is 23.2 Å². The van der Waals surface area contributed by atoms with Gasteiger partial charge in [-0.1, -0.05) is 18.2 Å². The van der Waals surface area contributed by atoms with Crippen molar-refractivity contribution in [1.29, 1.82) is 5.41 Å². The molecule has 38 heavy (non-hydrogen) atoms. The summed E-state index contributed by atoms with van der Waals surface area (Å²) in [5.41, 5.74) is 7.24. The van der Waals surface area contributed by atoms with E-state index in [1.165, 1.54) is 0 Å². The summed E-state index contributed by atoms with van der Waals surface area (Å²) < 4.78 is 25.0. The average molecular weight is 563 g/mol. The minimum absolute atomic E-state index is 0.0260. The number of nitrogens with zero attached hydrogens (tertiary/aromatic N) is 5. The van der Waals surface area contributed by atoms with Gasteiger partial charge < -0.3 is 34.6 Å². The third kappa shape index (κ3) is 6.27. The number of hydrogen-bond donors (Lipinski definition) is 3. The molecule has 0 amide bonds. The van der Waals surface area contributed by atoms with Gasteiger partial charge >= 0.3 is 12.6 Å². The molecule has 1 aliphatic rings. The molecule has 13 nitrogen and oxygen atoms in total. The SMILES string of the molecule is CCOC(=O)[C@H](C)NP(=S)(OC[C@@H]1CC(=N)[C@H](n2cnc3c(N(C)C)nc(N)nc32)O1)Oc1ccccc1. The Morgan fingerprint density at radius 2 is 2.11 bits per heavy atom. The number of fused-ring (bicyclic) bond motifs is 1. The van der Waals surface area contributed by atoms with Gasteiger partial charge in [-0.25, -0.2) is 10.1 Å². The molecule has 4 atom stereocenters. The summed E-state index contributed by atoms with van der Waals surface area (Å²) in [6.07, 6.45) is 0.593. The second-order valence-electron chi connectivity index (χ2n) is 8.76. The number of aromatic nitrogens is 4. The molecule has 2 aromatic heterocycles. The van der Waals surface area contributed by atoms with E-state index in [2.05, 4.69) is 20.0 Å². The van der Waals surface area contributed by atoms with E-state index in [-0.39, 0.29) is 19.2 Å². The van der Waals surface area contributed by atoms with Gasteiger partial charge in [0.2, 0.25) is 5.95 Å². The van der Waals surface area contributed by atoms with Crippen LogP contribution in [0.3, 0.4) is 0 Å². The van der Waals surface area contributed by atoms with Crippen LogP contribution in [0, 0.1) is 5.41 Å². The number of nitrogen functional groups attached to an aromatic ring is 1. The van der Waals surface area contributed by atoms with Crippen molar-refractivity contribution < 1.29 is 23.3 Å². The fraction of sp³-hybridized carbons (Fsp3) is 0.435. The van der Waals surface area contributed by atoms with Gasteiger partial charge in [-0.2, -0.15) is 9.97 Å². The number of imidazole rings is 1. The maximum absolute atomic E-state index is 12.2. The van der Waals surface area contributed by atoms with Crippen molar-refractivity contribution in [2.45, 2.75) is 38.6 Å². The third-order valence-electron chi connectivity index (χ3n) is 5.55. The number of hydrogen-bond acceptors (Lipinski definition) is 12. The van der Waals surface area contributed by atoms with Gasteiger partial charge in [0.05, 0.1) is 31.4 Å². The first-order valence-electron chi connectivity index (χ1n) is 11.9. The number of esters is 1. The minimum atomic E-state index is -3.22. The van der Waals surface area contributed by atoms with Crippen molar-refractivity contribution in [2.75, 3.05) is 37.9 Å². The average Bonchev–Trinajstić information content (AvgIpc) is 3.45. The highest BCUT2D eigenvalue weighted by atomic mass is 32.5. The summed E-state index contributed by atoms with van der Waals surface area (Å²) in [6, 6.07) is 8.21. The van der Waals surface area contributed by atoms with Gasteiger partial charge in [0.25, 0.3) is 0 Å². The molecule has 1 aliphatic heterocycles. The zero-order chi connectivity index (χ0) is 27.4. The fourth-order valence-corrected chi connectivity index (χ4v) is 6.28. The highest BCUT2D eigenvalue weighted by Crippen LogP contribution is 2.46. The predicted molar refractivity (Wildman–Crippen MR) is 147 cm³/mol. The van der Waals surface area contributed by atoms with Crippen molar-refractivity contribution in [3.8, 4) is 5.75 Å². The number of rotatable bonds is 11. The molecule has 1 saturated heterocycles. The number of anilines is 2. The summed E-state index contributed by atoms with van der Waals surface area (Å²) in [7, 11) is 3.67. The summed E-state index contributed by atoms with van der Waals surface area (Å²) in [6.45, 7) is 0.406. The topological polar surface area (TPSA) is 163 Å². The van der Waals surface area contributed by atoms with Gasteiger partial charge in [-0.3, -0.25) is 9.36 Å². The van der Waals surface area contributed by atoms with E-state index in [1.54, 1.807) is 41.8 Å². The van der Waals surface area contributed by atoms with Gasteiger partial charge in [0, 0.05) is 20.5 Å². The van der Waals surface area contributed by atoms with E-state index in [4.69, 9.17) is 41.5 Å². The van der Waals surface area contributed by atoms with Crippen molar-refractivity contribution in [2.24, 2.45) is 0 Å². The first-order valence-corrected chi connectivity index (χ1v) is 14.6. The summed E-state index contributed by atoms with van der Waals surface area (Å²) in [5.74, 6) is 0.687. The first-order chi connectivity index (χ1) is 18.1. The number of nitrogens with one attached hydrogen (secondary N) is 2. The molecule has 4 N–H and O–H groups in total. The lowest BCUT2D eigenvalue weighted by Gasteiger charge is -2.27. The minimum Gasteiger partial charge on any atom is -0.465 e. The molecule has 1 fully saturated rings. The van der Waals surface area contributed by atoms with Crippen LogP contribution in [0.5, 0.6) is 5.75 Å². The van der Waals surface area contributed by atoms with E-state index in [1.807, 2.05) is 32.3 Å². The standard InChI is InChI=1S/C23H31N8O5PS/c1-5-33-22(32)14(2)29-37(38,36-15-9-7-6-8-10-15)34-12-16-11-17(24)21(35-16)31-13-26-18-19(30(3)4)27-23(25)28-20(18)31/h6-10,13-14,16,21,24H,5,11-12H2,1-4H3,(H,29,38)(H2,25,27,28)/t14-,16-,21+,37?/m0/s1. The lowest BCUT2D eigenvalue weighted by atomic mass is 10.2. The molecule has 0 spiro atoms. The fourth-order valence-electron chi connectivity index (χ4n) is 3.84. The number of carbonyl (C=O) groups excluding carboxylic acids is 1. The van der Waals surface area contributed by atoms with Crippen LogP contribution in [0.4, 0.5) is 11.8 Å². The number of carbonyl (C=O) groups is 1. The van der Waals surface area contributed by atoms with Gasteiger partial charge in [-0.05, 0) is 37.8 Å². The molecule has 1 aromatic carbocycles. The van der Waals surface area contributed by atoms with E-state index in [9.17, 15) is 4.79 Å². The Bertz CT molecular complexity index is 1350. The highest BCUT2D eigenvalue weighted by molar-refractivity contribution is 8.09. The molecule has 0 radical (unpaired) electrons. The number of ether oxygens (including phenoxy) is 2. The van der Waals surface area contributed by atoms with Crippen molar-refractivity contribution >= 4 is 53.1 Å². The summed E-state index contributed by atoms with van der Waals surface area (Å²) >= 11 is 5.74. The number of para-hydroxylation sites is 1. The van der Waals surface area contributed by atoms with Crippen molar-refractivity contribution in [3.05, 3.63) is 36.7 Å². The Kier molecular flexibility index (Phi) is 8.58. The second kappa shape index (κ2) is 11.7. The molecule has 15 heteroatoms. The van der Waals surface area contributed by atoms with Crippen LogP contribution in [0.1, 0.15) is 26.5 Å². The Morgan fingerprint density at radius 1 is 1.37 bits per heavy atom. The number of nitrogens with two attached hydrogens (primary N) is 1. The molecule has 1 unspecified atom stereocenters. The van der Waals surface area contributed by atoms with Crippen LogP contribution in [-0.4, -0.2) is 70.7 Å². The third-order valence-corrected chi connectivity index (χ3v) is 8.05. The van der Waals surface area contributed by atoms with E-state index >= 15 is 0 Å². The Morgan fingerprint density at radius 3 is 2.79 bits per heavy atom. The van der Waals surface area contributed by atoms with E-state index in [0.717, 1.165) is 0 Å². The smallest absolute Gasteiger partial charge is 0.323 e. The maximum Gasteiger partial charge on any atom is 0.323 e. The van der Waals surface area contributed by atoms with Crippen LogP contribution in [-0.2, 0) is 30.6 Å². The quantitative estimate of drug-likeness (QED) is 0.232. The van der Waals surface area contributed by atoms with Gasteiger partial charge in [0.1, 0.15) is 11.8 Å². The maximum atomic E-state index is 12.2. The lowest BCUT2D eigenvalue weighted by molar-refractivity contribution is -0.144. The molecular formula is C23H31N8O5PS. The molecule has 204 valence electrons. The highest BCUT2D eigenvalue weighted by Gasteiger charge is 2.36. The van der Waals surface area contributed by atoms with Crippen LogP contribution >= 0.6 is 6.64 Å². The normalized spacial score (nSPS) is 19.7. The molecular weight excluding hydrogens is 531 g/mol. The van der Waals surface area contributed by atoms with Crippen molar-refractivity contribution in [1.82, 2.24) is 24.6 Å². The van der Waals surface area contributed by atoms with Crippen LogP contribution in [0.2, 0.25) is 0 Å². The van der Waals surface area contributed by atoms with Crippen LogP contribution in [0.25, 0.3) is 11.2 Å². The molecule has 3 aromatic rings. The zero-order valence-corrected chi connectivity index (χ0v) is 23.2. The van der Waals surface area contributed by atoms with Gasteiger partial charge in [-0.15, -0.1) is 0 Å². The first kappa shape index (κ1) is 27.9. The summed E-state index contributed by atoms with van der Waals surface area (Å²) in [5, 5.41) is 11.6. The largest absolute Gasteiger partial charge is 0.465 e. The van der Waals surface area contributed by atoms with Crippen LogP contribution in [0.15, 0.2) is 36.7 Å². The van der Waals surface area contributed by atoms with E-state index in [0.29, 0.717) is 34.9 Å². The molecule has 0 aliphatic carbocycles. The second-order valence-corrected chi connectivity index (χ2v) is 11.9. The lowest BCUT2D eigenvalue weighted by Crippen LogP contribution is -2.35. The Labute approximate surface area is 225 Å². The molecule has 0 bridgehead atoms. The predicted octanol–water partition coefficient (Wildman–Crippen LogP) is 2.64. The summed E-state index contributed by atoms with van der Waals surface area (Å²) in [4.78, 5) is 27.0.